The molecule has 1 aromatic carbocycles. The lowest BCUT2D eigenvalue weighted by molar-refractivity contribution is 0.0535. The molecule has 19 heavy (non-hydrogen) atoms. The average Bonchev–Trinajstić information content (AvgIpc) is 2.82. The Bertz CT molecular complexity index is 495. The van der Waals surface area contributed by atoms with E-state index in [2.05, 4.69) is 18.3 Å². The first-order valence-electron chi connectivity index (χ1n) is 6.89. The second-order valence-corrected chi connectivity index (χ2v) is 6.36. The van der Waals surface area contributed by atoms with Crippen LogP contribution in [0.15, 0.2) is 17.0 Å². The number of fused-ring (bicyclic) bond motifs is 1. The summed E-state index contributed by atoms with van der Waals surface area (Å²) < 4.78 is 5.10. The van der Waals surface area contributed by atoms with E-state index in [4.69, 9.17) is 4.74 Å². The van der Waals surface area contributed by atoms with Gasteiger partial charge in [0.05, 0.1) is 5.56 Å². The minimum absolute atomic E-state index is 0.173. The molecule has 4 heteroatoms. The van der Waals surface area contributed by atoms with Gasteiger partial charge in [0, 0.05) is 16.2 Å². The van der Waals surface area contributed by atoms with Crippen LogP contribution in [-0.2, 0) is 11.3 Å². The van der Waals surface area contributed by atoms with Gasteiger partial charge in [0.15, 0.2) is 0 Å². The summed E-state index contributed by atoms with van der Waals surface area (Å²) in [6.07, 6.45) is 2.55. The number of hydrogen-bond acceptors (Lipinski definition) is 4. The van der Waals surface area contributed by atoms with Crippen LogP contribution in [0.3, 0.4) is 0 Å². The van der Waals surface area contributed by atoms with E-state index in [1.807, 2.05) is 17.8 Å². The molecule has 1 saturated heterocycles. The molecule has 0 saturated carbocycles. The van der Waals surface area contributed by atoms with Gasteiger partial charge in [-0.2, -0.15) is 0 Å². The predicted molar refractivity (Wildman–Crippen MR) is 76.6 cm³/mol. The van der Waals surface area contributed by atoms with Gasteiger partial charge in [-0.25, -0.2) is 4.79 Å². The zero-order valence-electron chi connectivity index (χ0n) is 11.2. The van der Waals surface area contributed by atoms with Crippen LogP contribution in [0, 0.1) is 12.8 Å². The van der Waals surface area contributed by atoms with Crippen molar-refractivity contribution in [3.05, 3.63) is 28.8 Å². The van der Waals surface area contributed by atoms with E-state index in [1.54, 1.807) is 0 Å². The monoisotopic (exact) mass is 277 g/mol. The van der Waals surface area contributed by atoms with E-state index in [1.165, 1.54) is 29.1 Å². The van der Waals surface area contributed by atoms with Crippen molar-refractivity contribution in [3.63, 3.8) is 0 Å². The fraction of sp³-hybridized carbons (Fsp3) is 0.533. The van der Waals surface area contributed by atoms with E-state index in [0.717, 1.165) is 30.1 Å². The van der Waals surface area contributed by atoms with E-state index in [9.17, 15) is 4.79 Å². The lowest BCUT2D eigenvalue weighted by atomic mass is 10.0. The van der Waals surface area contributed by atoms with E-state index in [-0.39, 0.29) is 5.97 Å². The summed E-state index contributed by atoms with van der Waals surface area (Å²) >= 11 is 1.93. The Hall–Kier alpha value is -1.00. The molecule has 0 amide bonds. The Morgan fingerprint density at radius 3 is 2.95 bits per heavy atom. The normalized spacial score (nSPS) is 19.3. The lowest BCUT2D eigenvalue weighted by Crippen LogP contribution is -2.28. The Balaban J connectivity index is 1.70. The van der Waals surface area contributed by atoms with Gasteiger partial charge < -0.3 is 10.1 Å². The quantitative estimate of drug-likeness (QED) is 0.681. The molecule has 0 unspecified atom stereocenters. The maximum absolute atomic E-state index is 11.5. The van der Waals surface area contributed by atoms with Crippen LogP contribution in [0.4, 0.5) is 0 Å². The third-order valence-corrected chi connectivity index (χ3v) is 5.44. The van der Waals surface area contributed by atoms with E-state index >= 15 is 0 Å². The molecular weight excluding hydrogens is 258 g/mol. The molecule has 102 valence electrons. The van der Waals surface area contributed by atoms with Crippen LogP contribution in [0.25, 0.3) is 0 Å². The lowest BCUT2D eigenvalue weighted by Gasteiger charge is -2.22. The van der Waals surface area contributed by atoms with Crippen molar-refractivity contribution in [2.45, 2.75) is 31.3 Å². The van der Waals surface area contributed by atoms with Crippen molar-refractivity contribution in [1.82, 2.24) is 5.32 Å². The molecule has 0 bridgehead atoms. The highest BCUT2D eigenvalue weighted by atomic mass is 32.2. The molecule has 0 aliphatic carbocycles. The number of carbonyl (C=O) groups excluding carboxylic acids is 1. The smallest absolute Gasteiger partial charge is 0.338 e. The van der Waals surface area contributed by atoms with Crippen LogP contribution < -0.4 is 5.32 Å². The highest BCUT2D eigenvalue weighted by Crippen LogP contribution is 2.33. The number of cyclic esters (lactones) is 1. The van der Waals surface area contributed by atoms with Crippen molar-refractivity contribution >= 4 is 17.7 Å². The summed E-state index contributed by atoms with van der Waals surface area (Å²) in [6.45, 7) is 4.85. The largest absolute Gasteiger partial charge is 0.457 e. The van der Waals surface area contributed by atoms with Crippen LogP contribution in [0.5, 0.6) is 0 Å². The van der Waals surface area contributed by atoms with Crippen molar-refractivity contribution < 1.29 is 9.53 Å². The number of benzene rings is 1. The van der Waals surface area contributed by atoms with Crippen molar-refractivity contribution in [3.8, 4) is 0 Å². The zero-order valence-corrected chi connectivity index (χ0v) is 12.0. The summed E-state index contributed by atoms with van der Waals surface area (Å²) in [4.78, 5) is 12.8. The standard InChI is InChI=1S/C15H19NO2S/c1-10-13-8-18-15(17)12(13)2-3-14(10)19-9-11-4-6-16-7-5-11/h2-3,11,16H,4-9H2,1H3. The second-order valence-electron chi connectivity index (χ2n) is 5.30. The van der Waals surface area contributed by atoms with E-state index < -0.39 is 0 Å². The first kappa shape index (κ1) is 13.0. The van der Waals surface area contributed by atoms with Gasteiger partial charge in [0.1, 0.15) is 6.61 Å². The number of hydrogen-bond donors (Lipinski definition) is 1. The average molecular weight is 277 g/mol. The van der Waals surface area contributed by atoms with Gasteiger partial charge >= 0.3 is 5.97 Å². The number of thioether (sulfide) groups is 1. The number of rotatable bonds is 3. The Labute approximate surface area is 118 Å². The zero-order chi connectivity index (χ0) is 13.2. The van der Waals surface area contributed by atoms with Crippen molar-refractivity contribution in [2.24, 2.45) is 5.92 Å². The summed E-state index contributed by atoms with van der Waals surface area (Å²) in [5.74, 6) is 1.82. The van der Waals surface area contributed by atoms with Gasteiger partial charge in [-0.05, 0) is 56.5 Å². The Morgan fingerprint density at radius 2 is 2.16 bits per heavy atom. The molecule has 3 nitrogen and oxygen atoms in total. The molecule has 1 fully saturated rings. The highest BCUT2D eigenvalue weighted by Gasteiger charge is 2.24. The van der Waals surface area contributed by atoms with Gasteiger partial charge in [-0.15, -0.1) is 11.8 Å². The van der Waals surface area contributed by atoms with Crippen LogP contribution >= 0.6 is 11.8 Å². The van der Waals surface area contributed by atoms with Crippen LogP contribution in [-0.4, -0.2) is 24.8 Å². The van der Waals surface area contributed by atoms with Crippen LogP contribution in [0.2, 0.25) is 0 Å². The van der Waals surface area contributed by atoms with Gasteiger partial charge in [-0.3, -0.25) is 0 Å². The Morgan fingerprint density at radius 1 is 1.37 bits per heavy atom. The summed E-state index contributed by atoms with van der Waals surface area (Å²) in [7, 11) is 0. The van der Waals surface area contributed by atoms with Gasteiger partial charge in [0.2, 0.25) is 0 Å². The topological polar surface area (TPSA) is 38.3 Å². The molecule has 0 radical (unpaired) electrons. The minimum Gasteiger partial charge on any atom is -0.457 e. The fourth-order valence-corrected chi connectivity index (χ4v) is 3.99. The fourth-order valence-electron chi connectivity index (χ4n) is 2.74. The summed E-state index contributed by atoms with van der Waals surface area (Å²) in [5, 5.41) is 3.40. The second kappa shape index (κ2) is 5.55. The molecule has 0 aromatic heterocycles. The third kappa shape index (κ3) is 2.65. The SMILES string of the molecule is Cc1c(SCC2CCNCC2)ccc2c1COC2=O. The van der Waals surface area contributed by atoms with E-state index in [0.29, 0.717) is 6.61 Å². The van der Waals surface area contributed by atoms with Crippen molar-refractivity contribution in [2.75, 3.05) is 18.8 Å². The molecule has 1 N–H and O–H groups in total. The molecule has 1 aromatic rings. The van der Waals surface area contributed by atoms with Gasteiger partial charge in [-0.1, -0.05) is 0 Å². The van der Waals surface area contributed by atoms with Gasteiger partial charge in [0.25, 0.3) is 0 Å². The Kier molecular flexibility index (Phi) is 3.80. The first-order chi connectivity index (χ1) is 9.25. The molecule has 0 spiro atoms. The number of ether oxygens (including phenoxy) is 1. The number of piperidine rings is 1. The molecule has 2 aliphatic heterocycles. The number of carbonyl (C=O) groups is 1. The summed E-state index contributed by atoms with van der Waals surface area (Å²) in [6, 6.07) is 3.99. The summed E-state index contributed by atoms with van der Waals surface area (Å²) in [5.41, 5.74) is 3.06. The molecule has 0 atom stereocenters. The van der Waals surface area contributed by atoms with Crippen LogP contribution in [0.1, 0.15) is 34.3 Å². The highest BCUT2D eigenvalue weighted by molar-refractivity contribution is 7.99. The molecule has 3 rings (SSSR count). The first-order valence-corrected chi connectivity index (χ1v) is 7.87. The maximum Gasteiger partial charge on any atom is 0.338 e. The predicted octanol–water partition coefficient (Wildman–Crippen LogP) is 2.76. The molecule has 2 heterocycles. The third-order valence-electron chi connectivity index (χ3n) is 4.05. The minimum atomic E-state index is -0.173. The number of esters is 1. The van der Waals surface area contributed by atoms with Crippen molar-refractivity contribution in [1.29, 1.82) is 0 Å². The molecular formula is C15H19NO2S. The maximum atomic E-state index is 11.5. The number of nitrogens with one attached hydrogen (secondary N) is 1. The molecule has 2 aliphatic rings.